The van der Waals surface area contributed by atoms with Crippen molar-refractivity contribution < 1.29 is 14.3 Å². The van der Waals surface area contributed by atoms with Crippen molar-refractivity contribution in [3.8, 4) is 11.3 Å². The van der Waals surface area contributed by atoms with Crippen molar-refractivity contribution in [3.05, 3.63) is 88.2 Å². The van der Waals surface area contributed by atoms with Crippen molar-refractivity contribution in [3.63, 3.8) is 0 Å². The van der Waals surface area contributed by atoms with Gasteiger partial charge in [-0.3, -0.25) is 9.59 Å². The minimum Gasteiger partial charge on any atom is -0.392 e. The van der Waals surface area contributed by atoms with Gasteiger partial charge in [0.2, 0.25) is 5.91 Å². The Bertz CT molecular complexity index is 1360. The van der Waals surface area contributed by atoms with Crippen molar-refractivity contribution in [1.82, 2.24) is 14.2 Å². The molecule has 31 heavy (non-hydrogen) atoms. The Morgan fingerprint density at radius 1 is 1.10 bits per heavy atom. The van der Waals surface area contributed by atoms with Gasteiger partial charge in [0.25, 0.3) is 5.56 Å². The van der Waals surface area contributed by atoms with E-state index in [-0.39, 0.29) is 23.8 Å². The van der Waals surface area contributed by atoms with Crippen LogP contribution >= 0.6 is 0 Å². The Balaban J connectivity index is 1.52. The van der Waals surface area contributed by atoms with Gasteiger partial charge in [-0.2, -0.15) is 5.10 Å². The molecule has 1 aliphatic rings. The zero-order chi connectivity index (χ0) is 21.5. The first-order chi connectivity index (χ1) is 15.1. The van der Waals surface area contributed by atoms with E-state index in [2.05, 4.69) is 5.10 Å². The highest BCUT2D eigenvalue weighted by Gasteiger charge is 2.25. The van der Waals surface area contributed by atoms with Gasteiger partial charge in [0, 0.05) is 35.8 Å². The summed E-state index contributed by atoms with van der Waals surface area (Å²) < 4.78 is 16.0. The number of aliphatic hydroxyl groups is 1. The van der Waals surface area contributed by atoms with Crippen molar-refractivity contribution >= 4 is 17.1 Å². The monoisotopic (exact) mass is 418 g/mol. The average Bonchev–Trinajstić information content (AvgIpc) is 3.38. The molecular weight excluding hydrogens is 399 g/mol. The van der Waals surface area contributed by atoms with Crippen LogP contribution in [0, 0.1) is 5.82 Å². The molecular formula is C23H19FN4O3. The van der Waals surface area contributed by atoms with Gasteiger partial charge >= 0.3 is 0 Å². The third-order valence-corrected chi connectivity index (χ3v) is 5.63. The number of carbonyl (C=O) groups is 1. The van der Waals surface area contributed by atoms with E-state index in [9.17, 15) is 19.1 Å². The largest absolute Gasteiger partial charge is 0.392 e. The predicted octanol–water partition coefficient (Wildman–Crippen LogP) is 2.38. The molecule has 0 fully saturated rings. The van der Waals surface area contributed by atoms with E-state index < -0.39 is 12.2 Å². The minimum absolute atomic E-state index is 0.119. The lowest BCUT2D eigenvalue weighted by molar-refractivity contribution is -0.119. The molecule has 0 saturated carbocycles. The molecule has 0 unspecified atom stereocenters. The minimum atomic E-state index is -0.423. The molecule has 7 nitrogen and oxygen atoms in total. The number of aromatic nitrogens is 3. The highest BCUT2D eigenvalue weighted by molar-refractivity contribution is 5.95. The number of halogens is 1. The molecule has 0 spiro atoms. The van der Waals surface area contributed by atoms with Crippen LogP contribution in [0.15, 0.2) is 65.7 Å². The fourth-order valence-corrected chi connectivity index (χ4v) is 4.09. The molecule has 4 aromatic rings. The number of hydrogen-bond acceptors (Lipinski definition) is 4. The van der Waals surface area contributed by atoms with Crippen LogP contribution in [0.1, 0.15) is 11.1 Å². The van der Waals surface area contributed by atoms with Crippen LogP contribution in [-0.2, 0) is 24.4 Å². The van der Waals surface area contributed by atoms with E-state index in [1.165, 1.54) is 27.4 Å². The summed E-state index contributed by atoms with van der Waals surface area (Å²) in [6.07, 6.45) is 3.88. The summed E-state index contributed by atoms with van der Waals surface area (Å²) in [6, 6.07) is 13.4. The molecule has 2 aromatic heterocycles. The molecule has 3 heterocycles. The van der Waals surface area contributed by atoms with E-state index >= 15 is 0 Å². The first kappa shape index (κ1) is 19.2. The summed E-state index contributed by atoms with van der Waals surface area (Å²) in [5, 5.41) is 14.3. The second-order valence-corrected chi connectivity index (χ2v) is 7.44. The first-order valence-corrected chi connectivity index (χ1v) is 9.92. The quantitative estimate of drug-likeness (QED) is 0.552. The molecule has 0 atom stereocenters. The topological polar surface area (TPSA) is 79.8 Å². The number of hydrogen-bond donors (Lipinski definition) is 1. The molecule has 1 amide bonds. The number of nitrogens with zero attached hydrogens (tertiary/aromatic N) is 4. The second-order valence-electron chi connectivity index (χ2n) is 7.44. The lowest BCUT2D eigenvalue weighted by Gasteiger charge is -2.18. The number of rotatable bonds is 4. The SMILES string of the molecule is O=C(Cn1ccn2nc(-c3ccc(F)cc3)c(CO)c2c1=O)N1CCc2ccccc21. The van der Waals surface area contributed by atoms with Crippen molar-refractivity contribution in [1.29, 1.82) is 0 Å². The molecule has 1 aliphatic heterocycles. The highest BCUT2D eigenvalue weighted by Crippen LogP contribution is 2.28. The van der Waals surface area contributed by atoms with Crippen molar-refractivity contribution in [2.45, 2.75) is 19.6 Å². The van der Waals surface area contributed by atoms with Crippen LogP contribution in [-0.4, -0.2) is 31.7 Å². The van der Waals surface area contributed by atoms with Gasteiger partial charge in [-0.25, -0.2) is 8.91 Å². The predicted molar refractivity (Wildman–Crippen MR) is 113 cm³/mol. The molecule has 156 valence electrons. The zero-order valence-electron chi connectivity index (χ0n) is 16.5. The summed E-state index contributed by atoms with van der Waals surface area (Å²) in [5.74, 6) is -0.567. The number of amides is 1. The Labute approximate surface area is 176 Å². The summed E-state index contributed by atoms with van der Waals surface area (Å²) >= 11 is 0. The first-order valence-electron chi connectivity index (χ1n) is 9.92. The molecule has 5 rings (SSSR count). The van der Waals surface area contributed by atoms with Gasteiger partial charge in [0.05, 0.1) is 12.3 Å². The number of anilines is 1. The lowest BCUT2D eigenvalue weighted by Crippen LogP contribution is -2.35. The molecule has 0 saturated heterocycles. The Kier molecular flexibility index (Phi) is 4.63. The Hall–Kier alpha value is -3.78. The van der Waals surface area contributed by atoms with Crippen molar-refractivity contribution in [2.75, 3.05) is 11.4 Å². The summed E-state index contributed by atoms with van der Waals surface area (Å²) in [5.41, 5.74) is 3.08. The standard InChI is InChI=1S/C23H19FN4O3/c24-17-7-5-16(6-8-17)21-18(14-29)22-23(31)26(11-12-28(22)25-21)13-20(30)27-10-9-15-3-1-2-4-19(15)27/h1-8,11-12,29H,9-10,13-14H2. The third-order valence-electron chi connectivity index (χ3n) is 5.63. The molecule has 8 heteroatoms. The number of para-hydroxylation sites is 1. The number of aliphatic hydroxyl groups excluding tert-OH is 1. The van der Waals surface area contributed by atoms with Gasteiger partial charge in [-0.1, -0.05) is 18.2 Å². The summed E-state index contributed by atoms with van der Waals surface area (Å²) in [7, 11) is 0. The van der Waals surface area contributed by atoms with Gasteiger partial charge in [0.15, 0.2) is 0 Å². The lowest BCUT2D eigenvalue weighted by atomic mass is 10.1. The van der Waals surface area contributed by atoms with Crippen LogP contribution in [0.2, 0.25) is 0 Å². The Morgan fingerprint density at radius 2 is 1.87 bits per heavy atom. The summed E-state index contributed by atoms with van der Waals surface area (Å²) in [6.45, 7) is 0.0486. The van der Waals surface area contributed by atoms with Gasteiger partial charge in [0.1, 0.15) is 17.9 Å². The number of carbonyl (C=O) groups excluding carboxylic acids is 1. The maximum atomic E-state index is 13.3. The van der Waals surface area contributed by atoms with Gasteiger partial charge in [-0.15, -0.1) is 0 Å². The van der Waals surface area contributed by atoms with E-state index in [0.717, 1.165) is 17.7 Å². The smallest absolute Gasteiger partial charge is 0.277 e. The van der Waals surface area contributed by atoms with Crippen LogP contribution in [0.5, 0.6) is 0 Å². The number of benzene rings is 2. The van der Waals surface area contributed by atoms with Crippen molar-refractivity contribution in [2.24, 2.45) is 0 Å². The molecule has 0 aliphatic carbocycles. The highest BCUT2D eigenvalue weighted by atomic mass is 19.1. The van der Waals surface area contributed by atoms with Crippen LogP contribution in [0.25, 0.3) is 16.8 Å². The number of fused-ring (bicyclic) bond motifs is 2. The maximum absolute atomic E-state index is 13.3. The summed E-state index contributed by atoms with van der Waals surface area (Å²) in [4.78, 5) is 27.8. The fourth-order valence-electron chi connectivity index (χ4n) is 4.09. The molecule has 2 aromatic carbocycles. The normalized spacial score (nSPS) is 13.0. The van der Waals surface area contributed by atoms with Gasteiger partial charge < -0.3 is 14.6 Å². The van der Waals surface area contributed by atoms with Crippen LogP contribution < -0.4 is 10.5 Å². The fraction of sp³-hybridized carbons (Fsp3) is 0.174. The van der Waals surface area contributed by atoms with Crippen LogP contribution in [0.4, 0.5) is 10.1 Å². The molecule has 0 radical (unpaired) electrons. The van der Waals surface area contributed by atoms with E-state index in [0.29, 0.717) is 23.4 Å². The van der Waals surface area contributed by atoms with E-state index in [1.54, 1.807) is 23.2 Å². The molecule has 0 bridgehead atoms. The Morgan fingerprint density at radius 3 is 2.65 bits per heavy atom. The molecule has 1 N–H and O–H groups in total. The second kappa shape index (κ2) is 7.48. The van der Waals surface area contributed by atoms with E-state index in [4.69, 9.17) is 0 Å². The van der Waals surface area contributed by atoms with E-state index in [1.807, 2.05) is 24.3 Å². The zero-order valence-corrected chi connectivity index (χ0v) is 16.5. The maximum Gasteiger partial charge on any atom is 0.277 e. The van der Waals surface area contributed by atoms with Crippen LogP contribution in [0.3, 0.4) is 0 Å². The average molecular weight is 418 g/mol. The third kappa shape index (κ3) is 3.21. The van der Waals surface area contributed by atoms with Gasteiger partial charge in [-0.05, 0) is 42.3 Å².